The van der Waals surface area contributed by atoms with Gasteiger partial charge in [0, 0.05) is 0 Å². The van der Waals surface area contributed by atoms with Crippen LogP contribution in [0.5, 0.6) is 0 Å². The summed E-state index contributed by atoms with van der Waals surface area (Å²) in [7, 11) is 1.72. The Labute approximate surface area is 68.7 Å². The van der Waals surface area contributed by atoms with Gasteiger partial charge in [-0.15, -0.1) is 0 Å². The maximum absolute atomic E-state index is 8.06. The normalized spacial score (nSPS) is 0.800. The quantitative estimate of drug-likeness (QED) is 0.258. The largest absolute Gasteiger partial charge is 1.00 e. The molecule has 0 unspecified atom stereocenters. The minimum atomic E-state index is 0. The van der Waals surface area contributed by atoms with Crippen molar-refractivity contribution in [1.29, 1.82) is 0 Å². The van der Waals surface area contributed by atoms with Crippen LogP contribution < -0.4 is 18.9 Å². The molecule has 0 fully saturated rings. The van der Waals surface area contributed by atoms with Crippen LogP contribution in [0.15, 0.2) is 0 Å². The molecule has 0 atom stereocenters. The Bertz CT molecular complexity index is 15.5. The van der Waals surface area contributed by atoms with E-state index >= 15 is 0 Å². The first-order valence-electron chi connectivity index (χ1n) is 0.204. The van der Waals surface area contributed by atoms with Gasteiger partial charge in [0.2, 0.25) is 0 Å². The van der Waals surface area contributed by atoms with Crippen LogP contribution in [0.3, 0.4) is 0 Å². The molecule has 0 saturated heterocycles. The van der Waals surface area contributed by atoms with Crippen LogP contribution in [0.1, 0.15) is 1.43 Å². The van der Waals surface area contributed by atoms with Gasteiger partial charge in [0.15, 0.2) is 17.4 Å². The molecule has 0 aromatic heterocycles. The molecular formula is H9AlGeLiOP. The summed E-state index contributed by atoms with van der Waals surface area (Å²) >= 11 is 0. The zero-order chi connectivity index (χ0) is 2.00. The summed E-state index contributed by atoms with van der Waals surface area (Å²) < 4.78 is 8.06. The first kappa shape index (κ1) is 29.4. The Morgan fingerprint density at radius 1 is 1.40 bits per heavy atom. The topological polar surface area (TPSA) is 17.1 Å². The first-order chi connectivity index (χ1) is 1.00. The molecule has 0 rings (SSSR count). The molecule has 5 heteroatoms. The van der Waals surface area contributed by atoms with Crippen molar-refractivity contribution >= 4 is 44.1 Å². The summed E-state index contributed by atoms with van der Waals surface area (Å²) in [6.07, 6.45) is 0. The molecule has 0 N–H and O–H groups in total. The second-order valence-corrected chi connectivity index (χ2v) is 0. The minimum Gasteiger partial charge on any atom is -1.00 e. The second-order valence-electron chi connectivity index (χ2n) is 0. The summed E-state index contributed by atoms with van der Waals surface area (Å²) in [5, 5.41) is 0. The van der Waals surface area contributed by atoms with Gasteiger partial charge in [0.05, 0.1) is 0 Å². The van der Waals surface area contributed by atoms with Crippen molar-refractivity contribution in [3.63, 3.8) is 0 Å². The molecule has 0 bridgehead atoms. The zero-order valence-electron chi connectivity index (χ0n) is 2.91. The maximum Gasteiger partial charge on any atom is 1.00 e. The van der Waals surface area contributed by atoms with Crippen LogP contribution in [0.4, 0.5) is 0 Å². The number of rotatable bonds is 0. The van der Waals surface area contributed by atoms with E-state index in [2.05, 4.69) is 0 Å². The maximum atomic E-state index is 8.06. The van der Waals surface area contributed by atoms with E-state index in [0.717, 1.165) is 0 Å². The molecule has 0 heterocycles. The van der Waals surface area contributed by atoms with E-state index in [9.17, 15) is 0 Å². The Kier molecular flexibility index (Phi) is 246. The predicted octanol–water partition coefficient (Wildman–Crippen LogP) is -5.04. The van der Waals surface area contributed by atoms with Crippen LogP contribution in [-0.2, 0) is 4.57 Å². The fourth-order valence-corrected chi connectivity index (χ4v) is 0. The number of hydrogen-bond donors (Lipinski definition) is 0. The smallest absolute Gasteiger partial charge is 1.00 e. The molecule has 0 aromatic rings. The standard InChI is InChI=1S/Al.GeH4.Li.HOP.4H/c;;;1-2;;;;/h;1H4;;2H;;;;/q;;+1;;;;;-1. The van der Waals surface area contributed by atoms with Gasteiger partial charge in [-0.05, 0) is 0 Å². The molecule has 1 nitrogen and oxygen atoms in total. The third kappa shape index (κ3) is 26.1. The van der Waals surface area contributed by atoms with E-state index < -0.39 is 0 Å². The molecule has 28 valence electrons. The third-order valence-electron chi connectivity index (χ3n) is 0. The van der Waals surface area contributed by atoms with E-state index in [-0.39, 0.29) is 55.2 Å². The Morgan fingerprint density at radius 3 is 1.40 bits per heavy atom. The molecule has 0 amide bonds. The summed E-state index contributed by atoms with van der Waals surface area (Å²) in [6, 6.07) is 0. The first-order valence-corrected chi connectivity index (χ1v) is 0.612. The predicted molar refractivity (Wildman–Crippen MR) is 31.4 cm³/mol. The van der Waals surface area contributed by atoms with Gasteiger partial charge >= 0.3 is 36.5 Å². The molecule has 0 aliphatic rings. The van der Waals surface area contributed by atoms with Gasteiger partial charge in [-0.25, -0.2) is 0 Å². The molecule has 5 heavy (non-hydrogen) atoms. The van der Waals surface area contributed by atoms with Crippen molar-refractivity contribution in [2.75, 3.05) is 0 Å². The molecule has 0 aliphatic carbocycles. The van der Waals surface area contributed by atoms with E-state index in [1.165, 1.54) is 0 Å². The molecule has 0 saturated carbocycles. The van der Waals surface area contributed by atoms with Gasteiger partial charge < -0.3 is 1.43 Å². The third-order valence-corrected chi connectivity index (χ3v) is 0. The van der Waals surface area contributed by atoms with Crippen molar-refractivity contribution in [2.45, 2.75) is 0 Å². The van der Waals surface area contributed by atoms with Crippen molar-refractivity contribution in [1.82, 2.24) is 0 Å². The molecule has 0 aliphatic heterocycles. The van der Waals surface area contributed by atoms with Crippen molar-refractivity contribution in [2.24, 2.45) is 0 Å². The summed E-state index contributed by atoms with van der Waals surface area (Å²) in [5.41, 5.74) is 0. The van der Waals surface area contributed by atoms with Gasteiger partial charge in [-0.1, -0.05) is 0 Å². The van der Waals surface area contributed by atoms with E-state index in [1.54, 1.807) is 9.12 Å². The van der Waals surface area contributed by atoms with Crippen molar-refractivity contribution < 1.29 is 24.9 Å². The van der Waals surface area contributed by atoms with Crippen LogP contribution in [0.25, 0.3) is 0 Å². The number of hydrogen-bond acceptors (Lipinski definition) is 1. The van der Waals surface area contributed by atoms with E-state index in [4.69, 9.17) is 4.57 Å². The van der Waals surface area contributed by atoms with E-state index in [1.807, 2.05) is 0 Å². The fraction of sp³-hybridized carbons (Fsp3) is 0. The Morgan fingerprint density at radius 2 is 1.40 bits per heavy atom. The molecule has 0 spiro atoms. The fourth-order valence-electron chi connectivity index (χ4n) is 0. The monoisotopic (exact) mass is 164 g/mol. The average Bonchev–Trinajstić information content (AvgIpc) is 1.00. The van der Waals surface area contributed by atoms with Crippen LogP contribution in [0, 0.1) is 0 Å². The van der Waals surface area contributed by atoms with Crippen LogP contribution in [0.2, 0.25) is 0 Å². The van der Waals surface area contributed by atoms with Gasteiger partial charge in [-0.3, -0.25) is 4.57 Å². The SMILES string of the molecule is O=P.[AlH3].[GeH4].[H-].[Li+]. The van der Waals surface area contributed by atoms with Crippen LogP contribution in [-0.4, -0.2) is 35.0 Å². The summed E-state index contributed by atoms with van der Waals surface area (Å²) in [6.45, 7) is 0. The average molecular weight is 163 g/mol. The summed E-state index contributed by atoms with van der Waals surface area (Å²) in [4.78, 5) is 0. The van der Waals surface area contributed by atoms with Crippen molar-refractivity contribution in [3.8, 4) is 0 Å². The minimum absolute atomic E-state index is 0. The summed E-state index contributed by atoms with van der Waals surface area (Å²) in [5.74, 6) is 0. The van der Waals surface area contributed by atoms with Gasteiger partial charge in [0.25, 0.3) is 0 Å². The molecule has 0 aromatic carbocycles. The Hall–Kier alpha value is 1.77. The molecule has 0 radical (unpaired) electrons. The molecular weight excluding hydrogens is 154 g/mol. The van der Waals surface area contributed by atoms with Crippen molar-refractivity contribution in [3.05, 3.63) is 0 Å². The van der Waals surface area contributed by atoms with Crippen LogP contribution >= 0.6 is 9.12 Å². The second kappa shape index (κ2) is 41.8. The Balaban J connectivity index is -0.000000000833. The zero-order valence-corrected chi connectivity index (χ0v) is 2.91. The van der Waals surface area contributed by atoms with Gasteiger partial charge in [-0.2, -0.15) is 0 Å². The van der Waals surface area contributed by atoms with Gasteiger partial charge in [0.1, 0.15) is 9.12 Å². The van der Waals surface area contributed by atoms with E-state index in [0.29, 0.717) is 0 Å².